The minimum absolute atomic E-state index is 0.192. The van der Waals surface area contributed by atoms with E-state index in [1.54, 1.807) is 45.8 Å². The number of hydrogen-bond acceptors (Lipinski definition) is 5. The molecule has 5 heterocycles. The number of benzene rings is 1. The Morgan fingerprint density at radius 1 is 1.12 bits per heavy atom. The Bertz CT molecular complexity index is 1440. The molecule has 172 valence electrons. The fraction of sp³-hybridized carbons (Fsp3) is 0.250. The monoisotopic (exact) mass is 460 g/mol. The van der Waals surface area contributed by atoms with Crippen LogP contribution in [0.3, 0.4) is 0 Å². The SMILES string of the molecule is Cc1nocc1C(=O)N1CCN2C(=O)c3ccc(-c4cnn(C)c4)n3CC12c1ccc(F)cc1. The molecule has 6 rings (SSSR count). The number of rotatable bonds is 3. The van der Waals surface area contributed by atoms with Gasteiger partial charge in [0.2, 0.25) is 0 Å². The number of nitrogens with zero attached hydrogens (tertiary/aromatic N) is 6. The third kappa shape index (κ3) is 2.71. The van der Waals surface area contributed by atoms with Crippen LogP contribution in [-0.4, -0.2) is 54.2 Å². The second-order valence-electron chi connectivity index (χ2n) is 8.64. The summed E-state index contributed by atoms with van der Waals surface area (Å²) in [6.45, 7) is 2.65. The van der Waals surface area contributed by atoms with Crippen LogP contribution >= 0.6 is 0 Å². The summed E-state index contributed by atoms with van der Waals surface area (Å²) in [4.78, 5) is 30.9. The van der Waals surface area contributed by atoms with E-state index in [2.05, 4.69) is 10.3 Å². The maximum absolute atomic E-state index is 13.9. The predicted octanol–water partition coefficient (Wildman–Crippen LogP) is 2.79. The quantitative estimate of drug-likeness (QED) is 0.469. The van der Waals surface area contributed by atoms with Crippen molar-refractivity contribution in [1.29, 1.82) is 0 Å². The van der Waals surface area contributed by atoms with Crippen LogP contribution in [-0.2, 0) is 19.3 Å². The Kier molecular flexibility index (Phi) is 4.29. The number of halogens is 1. The van der Waals surface area contributed by atoms with Crippen molar-refractivity contribution in [2.75, 3.05) is 13.1 Å². The average Bonchev–Trinajstić information content (AvgIpc) is 3.60. The molecule has 2 aliphatic rings. The van der Waals surface area contributed by atoms with E-state index in [1.165, 1.54) is 18.4 Å². The minimum Gasteiger partial charge on any atom is -0.364 e. The third-order valence-corrected chi connectivity index (χ3v) is 6.80. The molecule has 0 N–H and O–H groups in total. The maximum Gasteiger partial charge on any atom is 0.272 e. The molecule has 2 aliphatic heterocycles. The van der Waals surface area contributed by atoms with Crippen molar-refractivity contribution in [3.8, 4) is 11.3 Å². The Morgan fingerprint density at radius 2 is 1.88 bits per heavy atom. The highest BCUT2D eigenvalue weighted by Gasteiger charge is 2.56. The Balaban J connectivity index is 1.56. The molecule has 1 aromatic carbocycles. The largest absolute Gasteiger partial charge is 0.364 e. The normalized spacial score (nSPS) is 19.4. The van der Waals surface area contributed by atoms with Gasteiger partial charge >= 0.3 is 0 Å². The van der Waals surface area contributed by atoms with E-state index in [1.807, 2.05) is 23.9 Å². The van der Waals surface area contributed by atoms with Crippen LogP contribution in [0.15, 0.2) is 59.6 Å². The lowest BCUT2D eigenvalue weighted by molar-refractivity contribution is -0.00569. The summed E-state index contributed by atoms with van der Waals surface area (Å²) in [7, 11) is 1.83. The summed E-state index contributed by atoms with van der Waals surface area (Å²) in [5.41, 5.74) is 2.52. The van der Waals surface area contributed by atoms with Crippen LogP contribution in [0.2, 0.25) is 0 Å². The number of carbonyl (C=O) groups excluding carboxylic acids is 2. The van der Waals surface area contributed by atoms with Crippen LogP contribution in [0.4, 0.5) is 4.39 Å². The second-order valence-corrected chi connectivity index (χ2v) is 8.64. The van der Waals surface area contributed by atoms with Gasteiger partial charge in [0.25, 0.3) is 11.8 Å². The minimum atomic E-state index is -1.14. The van der Waals surface area contributed by atoms with Gasteiger partial charge < -0.3 is 18.9 Å². The van der Waals surface area contributed by atoms with Crippen LogP contribution in [0.25, 0.3) is 11.3 Å². The van der Waals surface area contributed by atoms with Gasteiger partial charge in [-0.1, -0.05) is 17.3 Å². The first-order chi connectivity index (χ1) is 16.4. The van der Waals surface area contributed by atoms with Gasteiger partial charge in [-0.2, -0.15) is 5.10 Å². The lowest BCUT2D eigenvalue weighted by Crippen LogP contribution is -2.60. The molecule has 1 unspecified atom stereocenters. The summed E-state index contributed by atoms with van der Waals surface area (Å²) in [6, 6.07) is 9.67. The fourth-order valence-electron chi connectivity index (χ4n) is 5.18. The molecular formula is C24H21FN6O3. The van der Waals surface area contributed by atoms with Gasteiger partial charge in [0, 0.05) is 37.5 Å². The number of aromatic nitrogens is 4. The standard InChI is InChI=1S/C24H21FN6O3/c1-15-19(13-34-27-15)22(32)30-9-10-31-23(33)21-8-7-20(16-11-26-28(2)12-16)29(21)14-24(30,31)17-3-5-18(25)6-4-17/h3-8,11-13H,9-10,14H2,1-2H3. The van der Waals surface area contributed by atoms with Crippen LogP contribution in [0.1, 0.15) is 32.1 Å². The molecule has 0 saturated carbocycles. The van der Waals surface area contributed by atoms with E-state index in [0.29, 0.717) is 35.6 Å². The van der Waals surface area contributed by atoms with E-state index in [0.717, 1.165) is 11.3 Å². The smallest absolute Gasteiger partial charge is 0.272 e. The van der Waals surface area contributed by atoms with Crippen molar-refractivity contribution < 1.29 is 18.5 Å². The average molecular weight is 460 g/mol. The molecule has 1 fully saturated rings. The van der Waals surface area contributed by atoms with Gasteiger partial charge in [-0.25, -0.2) is 4.39 Å². The number of hydrogen-bond donors (Lipinski definition) is 0. The molecule has 1 atom stereocenters. The highest BCUT2D eigenvalue weighted by molar-refractivity contribution is 5.99. The van der Waals surface area contributed by atoms with Gasteiger partial charge in [-0.05, 0) is 31.2 Å². The molecule has 34 heavy (non-hydrogen) atoms. The first kappa shape index (κ1) is 20.4. The molecule has 10 heteroatoms. The van der Waals surface area contributed by atoms with Crippen LogP contribution < -0.4 is 0 Å². The van der Waals surface area contributed by atoms with Crippen molar-refractivity contribution >= 4 is 11.8 Å². The highest BCUT2D eigenvalue weighted by atomic mass is 19.1. The summed E-state index contributed by atoms with van der Waals surface area (Å²) >= 11 is 0. The van der Waals surface area contributed by atoms with Gasteiger partial charge in [0.05, 0.1) is 24.1 Å². The van der Waals surface area contributed by atoms with E-state index < -0.39 is 11.5 Å². The summed E-state index contributed by atoms with van der Waals surface area (Å²) < 4.78 is 22.5. The molecule has 2 amide bonds. The van der Waals surface area contributed by atoms with E-state index >= 15 is 0 Å². The van der Waals surface area contributed by atoms with Gasteiger partial charge in [0.15, 0.2) is 5.66 Å². The summed E-state index contributed by atoms with van der Waals surface area (Å²) in [5.74, 6) is -0.878. The zero-order valence-corrected chi connectivity index (χ0v) is 18.6. The third-order valence-electron chi connectivity index (χ3n) is 6.80. The highest BCUT2D eigenvalue weighted by Crippen LogP contribution is 2.45. The van der Waals surface area contributed by atoms with E-state index in [4.69, 9.17) is 4.52 Å². The van der Waals surface area contributed by atoms with Crippen LogP contribution in [0, 0.1) is 12.7 Å². The molecular weight excluding hydrogens is 439 g/mol. The lowest BCUT2D eigenvalue weighted by Gasteiger charge is -2.47. The maximum atomic E-state index is 13.9. The van der Waals surface area contributed by atoms with Crippen molar-refractivity contribution in [2.24, 2.45) is 7.05 Å². The summed E-state index contributed by atoms with van der Waals surface area (Å²) in [5, 5.41) is 8.12. The molecule has 9 nitrogen and oxygen atoms in total. The molecule has 1 saturated heterocycles. The number of fused-ring (bicyclic) bond motifs is 2. The number of carbonyl (C=O) groups is 2. The van der Waals surface area contributed by atoms with Crippen molar-refractivity contribution in [1.82, 2.24) is 29.3 Å². The molecule has 4 aromatic rings. The van der Waals surface area contributed by atoms with Gasteiger partial charge in [-0.3, -0.25) is 14.3 Å². The number of amides is 2. The Labute approximate surface area is 194 Å². The predicted molar refractivity (Wildman–Crippen MR) is 118 cm³/mol. The van der Waals surface area contributed by atoms with Crippen molar-refractivity contribution in [2.45, 2.75) is 19.1 Å². The first-order valence-electron chi connectivity index (χ1n) is 10.9. The van der Waals surface area contributed by atoms with Crippen molar-refractivity contribution in [3.63, 3.8) is 0 Å². The molecule has 0 spiro atoms. The Hall–Kier alpha value is -4.21. The Morgan fingerprint density at radius 3 is 2.56 bits per heavy atom. The zero-order chi connectivity index (χ0) is 23.6. The molecule has 0 radical (unpaired) electrons. The molecule has 0 aliphatic carbocycles. The van der Waals surface area contributed by atoms with E-state index in [-0.39, 0.29) is 18.4 Å². The topological polar surface area (TPSA) is 89.4 Å². The fourth-order valence-corrected chi connectivity index (χ4v) is 5.18. The number of aryl methyl sites for hydroxylation is 2. The van der Waals surface area contributed by atoms with E-state index in [9.17, 15) is 14.0 Å². The zero-order valence-electron chi connectivity index (χ0n) is 18.6. The lowest BCUT2D eigenvalue weighted by atomic mass is 9.93. The van der Waals surface area contributed by atoms with Gasteiger partial charge in [0.1, 0.15) is 23.3 Å². The summed E-state index contributed by atoms with van der Waals surface area (Å²) in [6.07, 6.45) is 4.94. The van der Waals surface area contributed by atoms with Crippen LogP contribution in [0.5, 0.6) is 0 Å². The second kappa shape index (κ2) is 7.14. The van der Waals surface area contributed by atoms with Gasteiger partial charge in [-0.15, -0.1) is 0 Å². The van der Waals surface area contributed by atoms with Crippen molar-refractivity contribution in [3.05, 3.63) is 83.4 Å². The molecule has 3 aromatic heterocycles. The molecule has 0 bridgehead atoms. The first-order valence-corrected chi connectivity index (χ1v) is 10.9.